The lowest BCUT2D eigenvalue weighted by Crippen LogP contribution is -2.41. The van der Waals surface area contributed by atoms with E-state index in [0.29, 0.717) is 0 Å². The van der Waals surface area contributed by atoms with Crippen LogP contribution in [0.4, 0.5) is 0 Å². The minimum Gasteiger partial charge on any atom is -0.423 e. The summed E-state index contributed by atoms with van der Waals surface area (Å²) >= 11 is 3.36. The van der Waals surface area contributed by atoms with Gasteiger partial charge in [0.2, 0.25) is 0 Å². The highest BCUT2D eigenvalue weighted by atomic mass is 79.9. The van der Waals surface area contributed by atoms with Crippen LogP contribution in [-0.2, 0) is 38.1 Å². The largest absolute Gasteiger partial charge is 0.423 e. The first kappa shape index (κ1) is 22.6. The highest BCUT2D eigenvalue weighted by Gasteiger charge is 2.39. The molecule has 2 aliphatic rings. The fourth-order valence-corrected chi connectivity index (χ4v) is 2.97. The number of hydrogen-bond acceptors (Lipinski definition) is 8. The van der Waals surface area contributed by atoms with Gasteiger partial charge in [0.15, 0.2) is 0 Å². The number of hydrogen-bond donors (Lipinski definition) is 0. The smallest absolute Gasteiger partial charge is 0.348 e. The van der Waals surface area contributed by atoms with E-state index in [1.54, 1.807) is 0 Å². The van der Waals surface area contributed by atoms with E-state index in [4.69, 9.17) is 9.47 Å². The van der Waals surface area contributed by atoms with Crippen LogP contribution in [0.2, 0.25) is 0 Å². The molecule has 0 spiro atoms. The topological polar surface area (TPSA) is 105 Å². The molecule has 1 aromatic carbocycles. The van der Waals surface area contributed by atoms with Crippen molar-refractivity contribution in [3.8, 4) is 0 Å². The molecule has 29 heavy (non-hydrogen) atoms. The van der Waals surface area contributed by atoms with Gasteiger partial charge in [-0.3, -0.25) is 9.59 Å². The summed E-state index contributed by atoms with van der Waals surface area (Å²) in [4.78, 5) is 44.7. The molecule has 3 rings (SSSR count). The molecule has 9 heteroatoms. The van der Waals surface area contributed by atoms with Crippen molar-refractivity contribution >= 4 is 45.9 Å². The lowest BCUT2D eigenvalue weighted by Gasteiger charge is -2.29. The Labute approximate surface area is 176 Å². The van der Waals surface area contributed by atoms with E-state index in [-0.39, 0.29) is 12.0 Å². The first-order valence-corrected chi connectivity index (χ1v) is 9.45. The highest BCUT2D eigenvalue weighted by molar-refractivity contribution is 9.10. The van der Waals surface area contributed by atoms with E-state index in [1.165, 1.54) is 33.8 Å². The SMILES string of the molecule is CC1(C)OC(=O)CC(=O)O1.Cc1cc(Br)ccc1C=C1C(=O)OC(C)(C)OC1=O. The van der Waals surface area contributed by atoms with Gasteiger partial charge in [-0.2, -0.15) is 0 Å². The van der Waals surface area contributed by atoms with Crippen LogP contribution in [0.5, 0.6) is 0 Å². The second kappa shape index (κ2) is 8.36. The Morgan fingerprint density at radius 2 is 1.34 bits per heavy atom. The molecule has 0 radical (unpaired) electrons. The molecule has 2 saturated heterocycles. The van der Waals surface area contributed by atoms with Crippen LogP contribution in [0.1, 0.15) is 45.2 Å². The third-order valence-electron chi connectivity index (χ3n) is 3.66. The van der Waals surface area contributed by atoms with E-state index in [2.05, 4.69) is 25.4 Å². The number of rotatable bonds is 1. The maximum atomic E-state index is 11.8. The standard InChI is InChI=1S/C14H13BrO4.C6H8O4/c1-8-6-10(15)5-4-9(8)7-11-12(16)18-14(2,3)19-13(11)17;1-6(2)9-4(7)3-5(8)10-6/h4-7H,1-3H3;3H2,1-2H3. The van der Waals surface area contributed by atoms with Crippen LogP contribution in [0.3, 0.4) is 0 Å². The molecule has 2 heterocycles. The number of cyclic esters (lactones) is 4. The van der Waals surface area contributed by atoms with Crippen LogP contribution in [0, 0.1) is 6.92 Å². The van der Waals surface area contributed by atoms with E-state index >= 15 is 0 Å². The lowest BCUT2D eigenvalue weighted by atomic mass is 10.1. The molecule has 1 aromatic rings. The van der Waals surface area contributed by atoms with Gasteiger partial charge in [0, 0.05) is 32.2 Å². The highest BCUT2D eigenvalue weighted by Crippen LogP contribution is 2.25. The fraction of sp³-hybridized carbons (Fsp3) is 0.400. The molecule has 2 aliphatic heterocycles. The molecule has 0 bridgehead atoms. The summed E-state index contributed by atoms with van der Waals surface area (Å²) in [7, 11) is 0. The number of carbonyl (C=O) groups is 4. The van der Waals surface area contributed by atoms with Crippen molar-refractivity contribution in [2.45, 2.75) is 52.6 Å². The van der Waals surface area contributed by atoms with Gasteiger partial charge < -0.3 is 18.9 Å². The van der Waals surface area contributed by atoms with Crippen LogP contribution in [0.15, 0.2) is 28.2 Å². The van der Waals surface area contributed by atoms with Crippen LogP contribution in [-0.4, -0.2) is 35.5 Å². The van der Waals surface area contributed by atoms with E-state index in [0.717, 1.165) is 15.6 Å². The van der Waals surface area contributed by atoms with Gasteiger partial charge in [0.25, 0.3) is 11.6 Å². The maximum absolute atomic E-state index is 11.8. The quantitative estimate of drug-likeness (QED) is 0.267. The Hall–Kier alpha value is -2.68. The van der Waals surface area contributed by atoms with Crippen molar-refractivity contribution in [1.82, 2.24) is 0 Å². The summed E-state index contributed by atoms with van der Waals surface area (Å²) in [6, 6.07) is 5.55. The lowest BCUT2D eigenvalue weighted by molar-refractivity contribution is -0.231. The zero-order valence-electron chi connectivity index (χ0n) is 16.7. The molecule has 0 saturated carbocycles. The van der Waals surface area contributed by atoms with Crippen molar-refractivity contribution in [1.29, 1.82) is 0 Å². The number of aryl methyl sites for hydroxylation is 1. The Morgan fingerprint density at radius 1 is 0.862 bits per heavy atom. The van der Waals surface area contributed by atoms with Crippen molar-refractivity contribution < 1.29 is 38.1 Å². The van der Waals surface area contributed by atoms with E-state index < -0.39 is 35.5 Å². The number of carbonyl (C=O) groups excluding carboxylic acids is 4. The zero-order chi connectivity index (χ0) is 22.0. The molecular weight excluding hydrogens is 448 g/mol. The first-order valence-electron chi connectivity index (χ1n) is 8.66. The number of benzene rings is 1. The van der Waals surface area contributed by atoms with Gasteiger partial charge in [-0.25, -0.2) is 9.59 Å². The van der Waals surface area contributed by atoms with Gasteiger partial charge in [-0.05, 0) is 36.3 Å². The molecular formula is C20H21BrO8. The fourth-order valence-electron chi connectivity index (χ4n) is 2.49. The molecule has 0 N–H and O–H groups in total. The third-order valence-corrected chi connectivity index (χ3v) is 4.15. The Balaban J connectivity index is 0.000000253. The summed E-state index contributed by atoms with van der Waals surface area (Å²) in [5.74, 6) is -4.67. The summed E-state index contributed by atoms with van der Waals surface area (Å²) in [6.45, 7) is 7.96. The molecule has 0 unspecified atom stereocenters. The average molecular weight is 469 g/mol. The number of esters is 4. The van der Waals surface area contributed by atoms with Crippen LogP contribution in [0.25, 0.3) is 6.08 Å². The average Bonchev–Trinajstić information content (AvgIpc) is 2.49. The monoisotopic (exact) mass is 468 g/mol. The Bertz CT molecular complexity index is 858. The maximum Gasteiger partial charge on any atom is 0.348 e. The Morgan fingerprint density at radius 3 is 1.79 bits per heavy atom. The minimum atomic E-state index is -1.21. The molecule has 156 valence electrons. The zero-order valence-corrected chi connectivity index (χ0v) is 18.2. The molecule has 2 fully saturated rings. The van der Waals surface area contributed by atoms with Gasteiger partial charge >= 0.3 is 23.9 Å². The van der Waals surface area contributed by atoms with E-state index in [9.17, 15) is 19.2 Å². The number of halogens is 1. The second-order valence-corrected chi connectivity index (χ2v) is 8.18. The van der Waals surface area contributed by atoms with E-state index in [1.807, 2.05) is 25.1 Å². The number of ether oxygens (including phenoxy) is 4. The molecule has 0 aromatic heterocycles. The van der Waals surface area contributed by atoms with Gasteiger partial charge in [-0.15, -0.1) is 0 Å². The molecule has 8 nitrogen and oxygen atoms in total. The second-order valence-electron chi connectivity index (χ2n) is 7.26. The normalized spacial score (nSPS) is 19.7. The predicted octanol–water partition coefficient (Wildman–Crippen LogP) is 3.19. The Kier molecular flexibility index (Phi) is 6.52. The van der Waals surface area contributed by atoms with Crippen molar-refractivity contribution in [3.05, 3.63) is 39.4 Å². The predicted molar refractivity (Wildman–Crippen MR) is 104 cm³/mol. The minimum absolute atomic E-state index is 0.0928. The summed E-state index contributed by atoms with van der Waals surface area (Å²) in [6.07, 6.45) is 1.21. The molecule has 0 atom stereocenters. The van der Waals surface area contributed by atoms with Gasteiger partial charge in [-0.1, -0.05) is 22.0 Å². The van der Waals surface area contributed by atoms with Crippen molar-refractivity contribution in [3.63, 3.8) is 0 Å². The summed E-state index contributed by atoms with van der Waals surface area (Å²) in [5, 5.41) is 0. The first-order chi connectivity index (χ1) is 13.3. The molecule has 0 amide bonds. The summed E-state index contributed by atoms with van der Waals surface area (Å²) in [5.41, 5.74) is 1.61. The van der Waals surface area contributed by atoms with Gasteiger partial charge in [0.05, 0.1) is 0 Å². The van der Waals surface area contributed by atoms with Crippen molar-refractivity contribution in [2.24, 2.45) is 0 Å². The molecule has 0 aliphatic carbocycles. The third kappa shape index (κ3) is 6.42. The van der Waals surface area contributed by atoms with Gasteiger partial charge in [0.1, 0.15) is 12.0 Å². The van der Waals surface area contributed by atoms with Crippen LogP contribution >= 0.6 is 15.9 Å². The summed E-state index contributed by atoms with van der Waals surface area (Å²) < 4.78 is 20.3. The van der Waals surface area contributed by atoms with Crippen molar-refractivity contribution in [2.75, 3.05) is 0 Å². The van der Waals surface area contributed by atoms with Crippen LogP contribution < -0.4 is 0 Å².